The Morgan fingerprint density at radius 2 is 2.09 bits per heavy atom. The molecule has 22 heavy (non-hydrogen) atoms. The number of amides is 2. The normalized spacial score (nSPS) is 10.4. The quantitative estimate of drug-likeness (QED) is 0.689. The molecule has 2 N–H and O–H groups in total. The predicted octanol–water partition coefficient (Wildman–Crippen LogP) is 2.51. The Bertz CT molecular complexity index is 568. The summed E-state index contributed by atoms with van der Waals surface area (Å²) in [6.45, 7) is 0.939. The van der Waals surface area contributed by atoms with Gasteiger partial charge in [0.25, 0.3) is 5.91 Å². The maximum absolute atomic E-state index is 11.6. The first-order chi connectivity index (χ1) is 10.8. The third kappa shape index (κ3) is 5.95. The minimum Gasteiger partial charge on any atom is -0.459 e. The number of rotatable bonds is 9. The molecule has 0 atom stereocenters. The molecular formula is C15H18N2O3S2. The summed E-state index contributed by atoms with van der Waals surface area (Å²) in [5.74, 6) is 1.75. The van der Waals surface area contributed by atoms with Crippen molar-refractivity contribution in [3.63, 3.8) is 0 Å². The van der Waals surface area contributed by atoms with E-state index >= 15 is 0 Å². The molecule has 2 amide bonds. The van der Waals surface area contributed by atoms with Crippen molar-refractivity contribution >= 4 is 34.9 Å². The average Bonchev–Trinajstić information content (AvgIpc) is 3.20. The Kier molecular flexibility index (Phi) is 7.05. The third-order valence-electron chi connectivity index (χ3n) is 2.78. The Labute approximate surface area is 137 Å². The van der Waals surface area contributed by atoms with Crippen LogP contribution in [0, 0.1) is 0 Å². The number of hydrogen-bond acceptors (Lipinski definition) is 5. The van der Waals surface area contributed by atoms with Gasteiger partial charge in [-0.3, -0.25) is 9.59 Å². The first kappa shape index (κ1) is 16.6. The van der Waals surface area contributed by atoms with Gasteiger partial charge >= 0.3 is 0 Å². The minimum absolute atomic E-state index is 0.0588. The Hall–Kier alpha value is -1.73. The van der Waals surface area contributed by atoms with Gasteiger partial charge < -0.3 is 15.1 Å². The van der Waals surface area contributed by atoms with E-state index in [9.17, 15) is 9.59 Å². The summed E-state index contributed by atoms with van der Waals surface area (Å²) in [6, 6.07) is 7.38. The fourth-order valence-corrected chi connectivity index (χ4v) is 3.40. The van der Waals surface area contributed by atoms with Crippen LogP contribution in [-0.4, -0.2) is 30.7 Å². The van der Waals surface area contributed by atoms with Gasteiger partial charge in [-0.1, -0.05) is 6.07 Å². The molecule has 118 valence electrons. The molecule has 2 aromatic heterocycles. The number of carbonyl (C=O) groups excluding carboxylic acids is 2. The topological polar surface area (TPSA) is 71.3 Å². The zero-order valence-electron chi connectivity index (χ0n) is 12.0. The summed E-state index contributed by atoms with van der Waals surface area (Å²) in [5, 5.41) is 7.54. The van der Waals surface area contributed by atoms with Crippen molar-refractivity contribution in [2.45, 2.75) is 12.2 Å². The van der Waals surface area contributed by atoms with Crippen LogP contribution >= 0.6 is 23.1 Å². The lowest BCUT2D eigenvalue weighted by molar-refractivity contribution is -0.120. The summed E-state index contributed by atoms with van der Waals surface area (Å²) in [4.78, 5) is 24.5. The summed E-state index contributed by atoms with van der Waals surface area (Å²) < 4.78 is 4.96. The van der Waals surface area contributed by atoms with Gasteiger partial charge in [0.2, 0.25) is 5.91 Å². The van der Waals surface area contributed by atoms with E-state index in [0.29, 0.717) is 13.1 Å². The molecule has 7 heteroatoms. The molecule has 0 aromatic carbocycles. The van der Waals surface area contributed by atoms with Gasteiger partial charge in [0.1, 0.15) is 0 Å². The number of hydrogen-bond donors (Lipinski definition) is 2. The lowest BCUT2D eigenvalue weighted by Gasteiger charge is -2.05. The molecule has 0 fully saturated rings. The van der Waals surface area contributed by atoms with Crippen LogP contribution in [-0.2, 0) is 10.5 Å². The first-order valence-corrected chi connectivity index (χ1v) is 8.97. The van der Waals surface area contributed by atoms with Crippen LogP contribution in [0.4, 0.5) is 0 Å². The van der Waals surface area contributed by atoms with Crippen molar-refractivity contribution in [3.8, 4) is 0 Å². The van der Waals surface area contributed by atoms with Gasteiger partial charge in [0, 0.05) is 35.9 Å². The van der Waals surface area contributed by atoms with Crippen LogP contribution in [0.25, 0.3) is 0 Å². The molecule has 0 radical (unpaired) electrons. The summed E-state index contributed by atoms with van der Waals surface area (Å²) in [6.07, 6.45) is 1.71. The summed E-state index contributed by atoms with van der Waals surface area (Å²) in [5.41, 5.74) is 0. The van der Waals surface area contributed by atoms with Crippen molar-refractivity contribution in [2.24, 2.45) is 0 Å². The SMILES string of the molecule is O=C(CCNC(=O)c1ccco1)NCCSCc1cccs1. The van der Waals surface area contributed by atoms with Crippen molar-refractivity contribution in [1.29, 1.82) is 0 Å². The fourth-order valence-electron chi connectivity index (χ4n) is 1.70. The summed E-state index contributed by atoms with van der Waals surface area (Å²) >= 11 is 3.54. The van der Waals surface area contributed by atoms with Crippen LogP contribution in [0.3, 0.4) is 0 Å². The van der Waals surface area contributed by atoms with E-state index in [1.807, 2.05) is 6.07 Å². The highest BCUT2D eigenvalue weighted by Crippen LogP contribution is 2.16. The van der Waals surface area contributed by atoms with Crippen LogP contribution in [0.5, 0.6) is 0 Å². The van der Waals surface area contributed by atoms with Crippen molar-refractivity contribution in [3.05, 3.63) is 46.5 Å². The number of thiophene rings is 1. The molecule has 0 bridgehead atoms. The van der Waals surface area contributed by atoms with E-state index in [1.54, 1.807) is 35.2 Å². The zero-order chi connectivity index (χ0) is 15.6. The standard InChI is InChI=1S/C15H18N2O3S2/c18-14(5-6-17-15(19)13-4-1-8-20-13)16-7-10-21-11-12-3-2-9-22-12/h1-4,8-9H,5-7,10-11H2,(H,16,18)(H,17,19). The highest BCUT2D eigenvalue weighted by atomic mass is 32.2. The molecule has 0 aliphatic carbocycles. The number of furan rings is 1. The number of carbonyl (C=O) groups is 2. The van der Waals surface area contributed by atoms with Crippen LogP contribution < -0.4 is 10.6 Å². The van der Waals surface area contributed by atoms with Gasteiger partial charge in [0.15, 0.2) is 5.76 Å². The molecule has 5 nitrogen and oxygen atoms in total. The van der Waals surface area contributed by atoms with Crippen molar-refractivity contribution in [1.82, 2.24) is 10.6 Å². The van der Waals surface area contributed by atoms with Gasteiger partial charge in [-0.2, -0.15) is 11.8 Å². The van der Waals surface area contributed by atoms with E-state index in [-0.39, 0.29) is 24.0 Å². The van der Waals surface area contributed by atoms with Gasteiger partial charge in [-0.05, 0) is 23.6 Å². The second-order valence-electron chi connectivity index (χ2n) is 4.47. The monoisotopic (exact) mass is 338 g/mol. The molecule has 2 aromatic rings. The van der Waals surface area contributed by atoms with E-state index < -0.39 is 0 Å². The Morgan fingerprint density at radius 3 is 2.82 bits per heavy atom. The maximum Gasteiger partial charge on any atom is 0.286 e. The fraction of sp³-hybridized carbons (Fsp3) is 0.333. The van der Waals surface area contributed by atoms with E-state index in [1.165, 1.54) is 11.1 Å². The van der Waals surface area contributed by atoms with Crippen molar-refractivity contribution in [2.75, 3.05) is 18.8 Å². The zero-order valence-corrected chi connectivity index (χ0v) is 13.7. The second-order valence-corrected chi connectivity index (χ2v) is 6.60. The molecule has 0 aliphatic rings. The Balaban J connectivity index is 1.48. The minimum atomic E-state index is -0.302. The maximum atomic E-state index is 11.6. The largest absolute Gasteiger partial charge is 0.459 e. The molecule has 0 spiro atoms. The smallest absolute Gasteiger partial charge is 0.286 e. The van der Waals surface area contributed by atoms with Crippen LogP contribution in [0.2, 0.25) is 0 Å². The highest BCUT2D eigenvalue weighted by Gasteiger charge is 2.08. The van der Waals surface area contributed by atoms with E-state index in [4.69, 9.17) is 4.42 Å². The van der Waals surface area contributed by atoms with E-state index in [2.05, 4.69) is 22.1 Å². The number of nitrogens with one attached hydrogen (secondary N) is 2. The van der Waals surface area contributed by atoms with E-state index in [0.717, 1.165) is 11.5 Å². The van der Waals surface area contributed by atoms with Gasteiger partial charge in [-0.25, -0.2) is 0 Å². The molecule has 0 saturated heterocycles. The van der Waals surface area contributed by atoms with Crippen LogP contribution in [0.1, 0.15) is 21.9 Å². The first-order valence-electron chi connectivity index (χ1n) is 6.94. The lowest BCUT2D eigenvalue weighted by atomic mass is 10.3. The molecule has 0 saturated carbocycles. The van der Waals surface area contributed by atoms with Gasteiger partial charge in [0.05, 0.1) is 6.26 Å². The molecule has 0 unspecified atom stereocenters. The molecule has 0 aliphatic heterocycles. The number of thioether (sulfide) groups is 1. The highest BCUT2D eigenvalue weighted by molar-refractivity contribution is 7.98. The molecule has 2 heterocycles. The third-order valence-corrected chi connectivity index (χ3v) is 4.84. The Morgan fingerprint density at radius 1 is 1.18 bits per heavy atom. The van der Waals surface area contributed by atoms with Gasteiger partial charge in [-0.15, -0.1) is 11.3 Å². The summed E-state index contributed by atoms with van der Waals surface area (Å²) in [7, 11) is 0. The lowest BCUT2D eigenvalue weighted by Crippen LogP contribution is -2.31. The second kappa shape index (κ2) is 9.32. The van der Waals surface area contributed by atoms with Crippen LogP contribution in [0.15, 0.2) is 40.3 Å². The molecule has 2 rings (SSSR count). The molecular weight excluding hydrogens is 320 g/mol. The average molecular weight is 338 g/mol. The van der Waals surface area contributed by atoms with Crippen molar-refractivity contribution < 1.29 is 14.0 Å². The predicted molar refractivity (Wildman–Crippen MR) is 89.1 cm³/mol.